The minimum Gasteiger partial charge on any atom is -0.478 e. The van der Waals surface area contributed by atoms with Crippen LogP contribution in [0.3, 0.4) is 0 Å². The molecule has 5 heteroatoms. The maximum Gasteiger partial charge on any atom is 0.335 e. The van der Waals surface area contributed by atoms with Crippen molar-refractivity contribution >= 4 is 21.9 Å². The summed E-state index contributed by atoms with van der Waals surface area (Å²) < 4.78 is 6.68. The van der Waals surface area contributed by atoms with Crippen LogP contribution in [0.1, 0.15) is 28.8 Å². The van der Waals surface area contributed by atoms with Gasteiger partial charge in [-0.1, -0.05) is 22.0 Å². The Kier molecular flexibility index (Phi) is 3.60. The number of hydrogen-bond acceptors (Lipinski definition) is 3. The SMILES string of the molecule is O=C(O)c1ccc(CN2CC3CCC(C2)O3)c(Br)c1. The Balaban J connectivity index is 1.71. The number of aromatic carboxylic acids is 1. The zero-order valence-electron chi connectivity index (χ0n) is 10.5. The number of nitrogens with zero attached hydrogens (tertiary/aromatic N) is 1. The maximum absolute atomic E-state index is 10.9. The molecule has 3 rings (SSSR count). The molecule has 2 heterocycles. The minimum absolute atomic E-state index is 0.317. The molecule has 2 aliphatic rings. The standard InChI is InChI=1S/C14H16BrNO3/c15-13-5-9(14(17)18)1-2-10(13)6-16-7-11-3-4-12(8-16)19-11/h1-2,5,11-12H,3-4,6-8H2,(H,17,18). The number of rotatable bonds is 3. The molecule has 102 valence electrons. The highest BCUT2D eigenvalue weighted by molar-refractivity contribution is 9.10. The first kappa shape index (κ1) is 13.1. The Hall–Kier alpha value is -0.910. The fourth-order valence-electron chi connectivity index (χ4n) is 2.88. The van der Waals surface area contributed by atoms with E-state index in [4.69, 9.17) is 9.84 Å². The molecule has 19 heavy (non-hydrogen) atoms. The van der Waals surface area contributed by atoms with Crippen LogP contribution in [-0.2, 0) is 11.3 Å². The summed E-state index contributed by atoms with van der Waals surface area (Å²) in [6.07, 6.45) is 3.10. The highest BCUT2D eigenvalue weighted by atomic mass is 79.9. The van der Waals surface area contributed by atoms with Crippen LogP contribution in [0.15, 0.2) is 22.7 Å². The summed E-state index contributed by atoms with van der Waals surface area (Å²) in [4.78, 5) is 13.3. The van der Waals surface area contributed by atoms with Crippen LogP contribution in [-0.4, -0.2) is 41.3 Å². The number of likely N-dealkylation sites (tertiary alicyclic amines) is 1. The van der Waals surface area contributed by atoms with Gasteiger partial charge in [0.1, 0.15) is 0 Å². The Bertz CT molecular complexity index is 493. The number of carbonyl (C=O) groups is 1. The van der Waals surface area contributed by atoms with Gasteiger partial charge in [0.25, 0.3) is 0 Å². The second-order valence-electron chi connectivity index (χ2n) is 5.26. The molecule has 1 N–H and O–H groups in total. The molecule has 0 aromatic heterocycles. The molecule has 0 spiro atoms. The van der Waals surface area contributed by atoms with Crippen molar-refractivity contribution in [2.45, 2.75) is 31.6 Å². The van der Waals surface area contributed by atoms with E-state index in [1.165, 1.54) is 12.8 Å². The summed E-state index contributed by atoms with van der Waals surface area (Å²) in [7, 11) is 0. The van der Waals surface area contributed by atoms with Crippen LogP contribution in [0.4, 0.5) is 0 Å². The molecule has 1 aromatic carbocycles. The number of carboxylic acid groups (broad SMARTS) is 1. The number of ether oxygens (including phenoxy) is 1. The largest absolute Gasteiger partial charge is 0.478 e. The predicted octanol–water partition coefficient (Wildman–Crippen LogP) is 2.51. The number of benzene rings is 1. The van der Waals surface area contributed by atoms with Crippen molar-refractivity contribution in [2.24, 2.45) is 0 Å². The molecule has 2 bridgehead atoms. The molecule has 2 aliphatic heterocycles. The average molecular weight is 326 g/mol. The van der Waals surface area contributed by atoms with Gasteiger partial charge in [-0.2, -0.15) is 0 Å². The van der Waals surface area contributed by atoms with Crippen LogP contribution in [0.5, 0.6) is 0 Å². The quantitative estimate of drug-likeness (QED) is 0.927. The third-order valence-corrected chi connectivity index (χ3v) is 4.55. The molecule has 1 aromatic rings. The van der Waals surface area contributed by atoms with Gasteiger partial charge in [0.15, 0.2) is 0 Å². The van der Waals surface area contributed by atoms with E-state index in [2.05, 4.69) is 20.8 Å². The molecule has 2 atom stereocenters. The van der Waals surface area contributed by atoms with Gasteiger partial charge in [0, 0.05) is 24.1 Å². The van der Waals surface area contributed by atoms with Gasteiger partial charge in [-0.25, -0.2) is 4.79 Å². The smallest absolute Gasteiger partial charge is 0.335 e. The summed E-state index contributed by atoms with van der Waals surface area (Å²) in [6, 6.07) is 5.23. The zero-order chi connectivity index (χ0) is 13.4. The Labute approximate surface area is 120 Å². The molecule has 4 nitrogen and oxygen atoms in total. The van der Waals surface area contributed by atoms with E-state index in [-0.39, 0.29) is 0 Å². The van der Waals surface area contributed by atoms with Crippen molar-refractivity contribution < 1.29 is 14.6 Å². The van der Waals surface area contributed by atoms with Crippen LogP contribution >= 0.6 is 15.9 Å². The van der Waals surface area contributed by atoms with Gasteiger partial charge >= 0.3 is 5.97 Å². The van der Waals surface area contributed by atoms with Crippen molar-refractivity contribution in [3.63, 3.8) is 0 Å². The van der Waals surface area contributed by atoms with Crippen molar-refractivity contribution in [3.05, 3.63) is 33.8 Å². The monoisotopic (exact) mass is 325 g/mol. The predicted molar refractivity (Wildman–Crippen MR) is 74.3 cm³/mol. The van der Waals surface area contributed by atoms with Crippen LogP contribution in [0.25, 0.3) is 0 Å². The van der Waals surface area contributed by atoms with E-state index in [9.17, 15) is 4.79 Å². The fourth-order valence-corrected chi connectivity index (χ4v) is 3.38. The number of carboxylic acids is 1. The highest BCUT2D eigenvalue weighted by Gasteiger charge is 2.33. The number of fused-ring (bicyclic) bond motifs is 2. The zero-order valence-corrected chi connectivity index (χ0v) is 12.1. The van der Waals surface area contributed by atoms with Crippen molar-refractivity contribution in [1.29, 1.82) is 0 Å². The third-order valence-electron chi connectivity index (χ3n) is 3.81. The van der Waals surface area contributed by atoms with Crippen molar-refractivity contribution in [1.82, 2.24) is 4.90 Å². The molecule has 0 aliphatic carbocycles. The minimum atomic E-state index is -0.892. The van der Waals surface area contributed by atoms with E-state index < -0.39 is 5.97 Å². The molecular formula is C14H16BrNO3. The topological polar surface area (TPSA) is 49.8 Å². The van der Waals surface area contributed by atoms with Gasteiger partial charge in [0.2, 0.25) is 0 Å². The molecule has 2 saturated heterocycles. The molecule has 0 saturated carbocycles. The lowest BCUT2D eigenvalue weighted by Gasteiger charge is -2.32. The number of halogens is 1. The van der Waals surface area contributed by atoms with E-state index in [1.807, 2.05) is 6.07 Å². The Morgan fingerprint density at radius 1 is 1.37 bits per heavy atom. The van der Waals surface area contributed by atoms with E-state index >= 15 is 0 Å². The molecule has 0 amide bonds. The van der Waals surface area contributed by atoms with Crippen molar-refractivity contribution in [2.75, 3.05) is 13.1 Å². The van der Waals surface area contributed by atoms with Gasteiger partial charge < -0.3 is 9.84 Å². The molecule has 2 fully saturated rings. The van der Waals surface area contributed by atoms with E-state index in [1.54, 1.807) is 12.1 Å². The van der Waals surface area contributed by atoms with E-state index in [0.29, 0.717) is 17.8 Å². The number of morpholine rings is 1. The summed E-state index contributed by atoms with van der Waals surface area (Å²) in [5.41, 5.74) is 1.45. The first-order valence-corrected chi connectivity index (χ1v) is 7.30. The normalized spacial score (nSPS) is 26.6. The Morgan fingerprint density at radius 2 is 2.05 bits per heavy atom. The lowest BCUT2D eigenvalue weighted by atomic mass is 10.1. The lowest BCUT2D eigenvalue weighted by Crippen LogP contribution is -2.42. The number of hydrogen-bond donors (Lipinski definition) is 1. The van der Waals surface area contributed by atoms with Gasteiger partial charge in [-0.15, -0.1) is 0 Å². The van der Waals surface area contributed by atoms with Crippen LogP contribution in [0.2, 0.25) is 0 Å². The summed E-state index contributed by atoms with van der Waals surface area (Å²) in [5, 5.41) is 8.95. The first-order chi connectivity index (χ1) is 9.11. The van der Waals surface area contributed by atoms with Crippen molar-refractivity contribution in [3.8, 4) is 0 Å². The van der Waals surface area contributed by atoms with Crippen LogP contribution < -0.4 is 0 Å². The summed E-state index contributed by atoms with van der Waals surface area (Å²) in [6.45, 7) is 2.80. The first-order valence-electron chi connectivity index (χ1n) is 6.51. The highest BCUT2D eigenvalue weighted by Crippen LogP contribution is 2.28. The fraction of sp³-hybridized carbons (Fsp3) is 0.500. The lowest BCUT2D eigenvalue weighted by molar-refractivity contribution is -0.0411. The second kappa shape index (κ2) is 5.23. The summed E-state index contributed by atoms with van der Waals surface area (Å²) in [5.74, 6) is -0.892. The van der Waals surface area contributed by atoms with Gasteiger partial charge in [0.05, 0.1) is 17.8 Å². The third kappa shape index (κ3) is 2.83. The van der Waals surface area contributed by atoms with Gasteiger partial charge in [-0.3, -0.25) is 4.90 Å². The Morgan fingerprint density at radius 3 is 2.63 bits per heavy atom. The second-order valence-corrected chi connectivity index (χ2v) is 6.12. The van der Waals surface area contributed by atoms with Crippen LogP contribution in [0, 0.1) is 0 Å². The maximum atomic E-state index is 10.9. The van der Waals surface area contributed by atoms with Gasteiger partial charge in [-0.05, 0) is 30.5 Å². The molecular weight excluding hydrogens is 310 g/mol. The average Bonchev–Trinajstić information content (AvgIpc) is 2.71. The molecule has 2 unspecified atom stereocenters. The summed E-state index contributed by atoms with van der Waals surface area (Å²) >= 11 is 3.47. The molecule has 0 radical (unpaired) electrons. The van der Waals surface area contributed by atoms with E-state index in [0.717, 1.165) is 29.7 Å².